The van der Waals surface area contributed by atoms with Crippen molar-refractivity contribution in [1.29, 1.82) is 0 Å². The molecular weight excluding hydrogens is 326 g/mol. The van der Waals surface area contributed by atoms with Crippen molar-refractivity contribution in [3.8, 4) is 11.1 Å². The average Bonchev–Trinajstić information content (AvgIpc) is 3.06. The van der Waals surface area contributed by atoms with Crippen molar-refractivity contribution < 1.29 is 9.90 Å². The van der Waals surface area contributed by atoms with Crippen LogP contribution in [0.25, 0.3) is 22.0 Å². The van der Waals surface area contributed by atoms with Crippen LogP contribution in [-0.4, -0.2) is 34.7 Å². The maximum absolute atomic E-state index is 12.8. The van der Waals surface area contributed by atoms with Gasteiger partial charge in [-0.1, -0.05) is 61.9 Å². The number of nitrogens with two attached hydrogens (primary N) is 1. The van der Waals surface area contributed by atoms with E-state index in [2.05, 4.69) is 10.3 Å². The van der Waals surface area contributed by atoms with Gasteiger partial charge in [-0.3, -0.25) is 4.79 Å². The second kappa shape index (κ2) is 8.17. The van der Waals surface area contributed by atoms with E-state index < -0.39 is 12.1 Å². The normalized spacial score (nSPS) is 13.5. The maximum Gasteiger partial charge on any atom is 0.268 e. The first-order valence-electron chi connectivity index (χ1n) is 8.99. The van der Waals surface area contributed by atoms with Crippen molar-refractivity contribution in [2.45, 2.75) is 31.9 Å². The Morgan fingerprint density at radius 2 is 1.85 bits per heavy atom. The lowest BCUT2D eigenvalue weighted by Gasteiger charge is -2.18. The third-order valence-electron chi connectivity index (χ3n) is 4.57. The van der Waals surface area contributed by atoms with Crippen LogP contribution in [0.4, 0.5) is 0 Å². The molecule has 0 fully saturated rings. The zero-order valence-corrected chi connectivity index (χ0v) is 14.9. The summed E-state index contributed by atoms with van der Waals surface area (Å²) in [5.41, 5.74) is 9.25. The molecule has 5 N–H and O–H groups in total. The van der Waals surface area contributed by atoms with E-state index >= 15 is 0 Å². The first-order chi connectivity index (χ1) is 12.6. The Balaban J connectivity index is 1.89. The molecule has 0 radical (unpaired) electrons. The Hall–Kier alpha value is -2.63. The zero-order chi connectivity index (χ0) is 18.5. The summed E-state index contributed by atoms with van der Waals surface area (Å²) in [6.45, 7) is 2.22. The molecule has 1 amide bonds. The summed E-state index contributed by atoms with van der Waals surface area (Å²) in [7, 11) is 0. The molecule has 3 rings (SSSR count). The number of aliphatic hydroxyl groups is 1. The number of amides is 1. The highest BCUT2D eigenvalue weighted by atomic mass is 16.3. The van der Waals surface area contributed by atoms with Crippen LogP contribution in [0.1, 0.15) is 30.3 Å². The van der Waals surface area contributed by atoms with E-state index in [9.17, 15) is 9.90 Å². The molecule has 0 saturated carbocycles. The van der Waals surface area contributed by atoms with Gasteiger partial charge in [0.25, 0.3) is 5.91 Å². The largest absolute Gasteiger partial charge is 0.391 e. The third-order valence-corrected chi connectivity index (χ3v) is 4.57. The van der Waals surface area contributed by atoms with Crippen LogP contribution in [0.3, 0.4) is 0 Å². The van der Waals surface area contributed by atoms with Crippen molar-refractivity contribution in [2.75, 3.05) is 6.54 Å². The van der Waals surface area contributed by atoms with E-state index in [1.165, 1.54) is 0 Å². The maximum atomic E-state index is 12.8. The summed E-state index contributed by atoms with van der Waals surface area (Å²) in [6, 6.07) is 17.2. The molecule has 0 spiro atoms. The molecule has 26 heavy (non-hydrogen) atoms. The summed E-state index contributed by atoms with van der Waals surface area (Å²) in [5, 5.41) is 13.8. The van der Waals surface area contributed by atoms with Crippen LogP contribution in [0.5, 0.6) is 0 Å². The highest BCUT2D eigenvalue weighted by Crippen LogP contribution is 2.32. The molecule has 1 aromatic heterocycles. The molecule has 0 aliphatic carbocycles. The fourth-order valence-electron chi connectivity index (χ4n) is 3.16. The van der Waals surface area contributed by atoms with Crippen LogP contribution >= 0.6 is 0 Å². The molecule has 1 unspecified atom stereocenters. The van der Waals surface area contributed by atoms with Crippen molar-refractivity contribution in [3.63, 3.8) is 0 Å². The highest BCUT2D eigenvalue weighted by molar-refractivity contribution is 6.09. The number of carbonyl (C=O) groups is 1. The van der Waals surface area contributed by atoms with Crippen LogP contribution in [0.15, 0.2) is 54.6 Å². The quantitative estimate of drug-likeness (QED) is 0.527. The van der Waals surface area contributed by atoms with Gasteiger partial charge in [0.2, 0.25) is 0 Å². The van der Waals surface area contributed by atoms with Gasteiger partial charge in [0, 0.05) is 29.1 Å². The summed E-state index contributed by atoms with van der Waals surface area (Å²) in [4.78, 5) is 16.0. The topological polar surface area (TPSA) is 91.1 Å². The van der Waals surface area contributed by atoms with Crippen LogP contribution in [-0.2, 0) is 0 Å². The molecule has 0 aliphatic rings. The minimum atomic E-state index is -0.614. The number of aromatic nitrogens is 1. The highest BCUT2D eigenvalue weighted by Gasteiger charge is 2.20. The molecule has 136 valence electrons. The van der Waals surface area contributed by atoms with Crippen LogP contribution in [0, 0.1) is 0 Å². The number of H-pyrrole nitrogens is 1. The fraction of sp³-hybridized carbons (Fsp3) is 0.286. The molecule has 2 aromatic carbocycles. The fourth-order valence-corrected chi connectivity index (χ4v) is 3.16. The number of nitrogens with one attached hydrogen (secondary N) is 2. The molecule has 1 heterocycles. The molecule has 5 heteroatoms. The number of rotatable bonds is 7. The van der Waals surface area contributed by atoms with Gasteiger partial charge in [-0.25, -0.2) is 0 Å². The van der Waals surface area contributed by atoms with Crippen molar-refractivity contribution >= 4 is 16.8 Å². The number of carbonyl (C=O) groups excluding carboxylic acids is 1. The van der Waals surface area contributed by atoms with E-state index in [0.29, 0.717) is 12.1 Å². The monoisotopic (exact) mass is 351 g/mol. The van der Waals surface area contributed by atoms with Crippen LogP contribution in [0.2, 0.25) is 0 Å². The van der Waals surface area contributed by atoms with Gasteiger partial charge in [0.15, 0.2) is 0 Å². The second-order valence-electron chi connectivity index (χ2n) is 6.52. The minimum absolute atomic E-state index is 0.223. The number of hydrogen-bond donors (Lipinski definition) is 4. The van der Waals surface area contributed by atoms with Gasteiger partial charge in [-0.15, -0.1) is 0 Å². The Morgan fingerprint density at radius 1 is 1.15 bits per heavy atom. The Morgan fingerprint density at radius 3 is 2.58 bits per heavy atom. The van der Waals surface area contributed by atoms with Crippen LogP contribution < -0.4 is 11.1 Å². The Kier molecular flexibility index (Phi) is 5.71. The van der Waals surface area contributed by atoms with Crippen molar-refractivity contribution in [2.24, 2.45) is 5.73 Å². The van der Waals surface area contributed by atoms with E-state index in [-0.39, 0.29) is 12.5 Å². The molecule has 0 aliphatic heterocycles. The zero-order valence-electron chi connectivity index (χ0n) is 14.9. The lowest BCUT2D eigenvalue weighted by atomic mass is 10.0. The molecule has 5 nitrogen and oxygen atoms in total. The predicted molar refractivity (Wildman–Crippen MR) is 105 cm³/mol. The van der Waals surface area contributed by atoms with E-state index in [1.807, 2.05) is 61.5 Å². The Bertz CT molecular complexity index is 873. The predicted octanol–water partition coefficient (Wildman–Crippen LogP) is 3.05. The lowest BCUT2D eigenvalue weighted by molar-refractivity contribution is 0.0923. The smallest absolute Gasteiger partial charge is 0.268 e. The van der Waals surface area contributed by atoms with Gasteiger partial charge >= 0.3 is 0 Å². The SMILES string of the molecule is CCCC(O)[C@@H](N)CNC(=O)c1[nH]c2ccccc2c1-c1ccccc1. The third kappa shape index (κ3) is 3.79. The van der Waals surface area contributed by atoms with Gasteiger partial charge < -0.3 is 21.1 Å². The number of fused-ring (bicyclic) bond motifs is 1. The van der Waals surface area contributed by atoms with E-state index in [4.69, 9.17) is 5.73 Å². The standard InChI is InChI=1S/C21H25N3O2/c1-2-8-18(25)16(22)13-23-21(26)20-19(14-9-4-3-5-10-14)15-11-6-7-12-17(15)24-20/h3-7,9-12,16,18,24-25H,2,8,13,22H2,1H3,(H,23,26)/t16-,18?/m0/s1. The summed E-state index contributed by atoms with van der Waals surface area (Å²) >= 11 is 0. The molecule has 2 atom stereocenters. The summed E-state index contributed by atoms with van der Waals surface area (Å²) in [6.07, 6.45) is 0.860. The van der Waals surface area contributed by atoms with Gasteiger partial charge in [0.05, 0.1) is 6.10 Å². The first-order valence-corrected chi connectivity index (χ1v) is 8.99. The van der Waals surface area contributed by atoms with Gasteiger partial charge in [-0.05, 0) is 18.1 Å². The average molecular weight is 351 g/mol. The molecule has 0 saturated heterocycles. The van der Waals surface area contributed by atoms with Gasteiger partial charge in [0.1, 0.15) is 5.69 Å². The van der Waals surface area contributed by atoms with E-state index in [1.54, 1.807) is 0 Å². The number of benzene rings is 2. The number of para-hydroxylation sites is 1. The van der Waals surface area contributed by atoms with E-state index in [0.717, 1.165) is 28.5 Å². The number of hydrogen-bond acceptors (Lipinski definition) is 3. The summed E-state index contributed by atoms with van der Waals surface area (Å²) < 4.78 is 0. The minimum Gasteiger partial charge on any atom is -0.391 e. The molecule has 0 bridgehead atoms. The number of aromatic amines is 1. The van der Waals surface area contributed by atoms with Crippen molar-refractivity contribution in [1.82, 2.24) is 10.3 Å². The van der Waals surface area contributed by atoms with Crippen molar-refractivity contribution in [3.05, 3.63) is 60.3 Å². The lowest BCUT2D eigenvalue weighted by Crippen LogP contribution is -2.45. The Labute approximate surface area is 153 Å². The van der Waals surface area contributed by atoms with Gasteiger partial charge in [-0.2, -0.15) is 0 Å². The molecular formula is C21H25N3O2. The summed E-state index contributed by atoms with van der Waals surface area (Å²) in [5.74, 6) is -0.223. The first kappa shape index (κ1) is 18.2. The molecule has 3 aromatic rings. The number of aliphatic hydroxyl groups excluding tert-OH is 1. The second-order valence-corrected chi connectivity index (χ2v) is 6.52.